The molecule has 6 rings (SSSR count). The number of hydrogen-bond acceptors (Lipinski definition) is 25. The molecule has 1 fully saturated rings. The average molecular weight is 2070 g/mol. The molecule has 10 atom stereocenters. The standard InChI is InChI=1S/C107H150N10O29S/c1-15-115-85-42-31-68(6)58-79(85)106(10,11)92(115)29-21-17-16-18-22-30-93-107(12,13)80-64-78(147(140,141)142)39-43-86(80)116(93)50-23-19-20-26-77(118)61-74(36-44-95(124)125)101(135)110-81(40-47-98(130)131)90(121)62-75(37-45-96(126)127)102(136)111-82(41-48-99(132)133)91(122)63-76(38-46-97(128)129)103(137)112-84(60-72-32-34-73(35-33-72)71(9)114-146-53-49-108-105(139)145-55-54-143-14)88(119)28-25-52-144-65-94(123)117-51-24-27-87(117)104(138)113-83(57-67(4)5)89(120)59-69(7)100(134)109-70(8)56-66(2)3/h16-18,21-22,29-35,39,42-43,58,64,66-67,69-70,74-76,81-84,87H,15,19-20,23-28,36-38,40-41,44-57,59-63,65H2,1-14H3,(H11-,108,109,110,111,112,113,124,125,126,127,128,129,130,131,132,133,134,135,136,137,138,139,140,141,142)/p+1/b114-71+/t69-,70-,74+,75+,76+,81-,82-,83+,84+,87+/m1/s1. The highest BCUT2D eigenvalue weighted by Crippen LogP contribution is 2.49. The highest BCUT2D eigenvalue weighted by molar-refractivity contribution is 7.85. The Balaban J connectivity index is 1.16. The molecule has 0 aromatic heterocycles. The number of likely N-dealkylation sites (tertiary alicyclic amines) is 1. The number of rotatable bonds is 69. The largest absolute Gasteiger partial charge is 0.481 e. The zero-order chi connectivity index (χ0) is 109. The van der Waals surface area contributed by atoms with Crippen LogP contribution >= 0.6 is 0 Å². The van der Waals surface area contributed by atoms with Crippen molar-refractivity contribution in [3.05, 3.63) is 137 Å². The molecule has 3 aliphatic rings. The number of amides is 7. The number of allylic oxidation sites excluding steroid dienone is 8. The van der Waals surface area contributed by atoms with Gasteiger partial charge in [-0.15, -0.1) is 0 Å². The second kappa shape index (κ2) is 60.5. The number of fused-ring (bicyclic) bond motifs is 2. The number of methoxy groups -OCH3 is 1. The number of benzene rings is 3. The van der Waals surface area contributed by atoms with Crippen molar-refractivity contribution >= 4 is 133 Å². The Morgan fingerprint density at radius 2 is 1.12 bits per heavy atom. The van der Waals surface area contributed by atoms with Crippen LogP contribution in [0.5, 0.6) is 0 Å². The number of nitrogens with one attached hydrogen (secondary N) is 6. The van der Waals surface area contributed by atoms with E-state index in [1.54, 1.807) is 44.2 Å². The average Bonchev–Trinajstić information content (AvgIpc) is 1.58. The fourth-order valence-corrected chi connectivity index (χ4v) is 18.8. The number of oxime groups is 1. The van der Waals surface area contributed by atoms with Gasteiger partial charge in [0, 0.05) is 162 Å². The molecule has 0 radical (unpaired) electrons. The molecule has 12 N–H and O–H groups in total. The van der Waals surface area contributed by atoms with Crippen LogP contribution in [0.15, 0.2) is 119 Å². The molecule has 0 unspecified atom stereocenters. The van der Waals surface area contributed by atoms with Crippen molar-refractivity contribution in [2.45, 2.75) is 303 Å². The van der Waals surface area contributed by atoms with Crippen LogP contribution in [0, 0.1) is 42.4 Å². The van der Waals surface area contributed by atoms with E-state index in [4.69, 9.17) is 19.0 Å². The highest BCUT2D eigenvalue weighted by atomic mass is 32.2. The van der Waals surface area contributed by atoms with Crippen molar-refractivity contribution in [1.82, 2.24) is 36.8 Å². The number of nitrogens with zero attached hydrogens (tertiary/aromatic N) is 4. The molecule has 39 nitrogen and oxygen atoms in total. The van der Waals surface area contributed by atoms with E-state index in [0.29, 0.717) is 59.8 Å². The number of unbranched alkanes of at least 4 members (excludes halogenated alkanes) is 2. The van der Waals surface area contributed by atoms with Crippen LogP contribution in [0.3, 0.4) is 0 Å². The molecule has 0 bridgehead atoms. The van der Waals surface area contributed by atoms with Crippen LogP contribution in [-0.2, 0) is 123 Å². The number of ketones is 5. The summed E-state index contributed by atoms with van der Waals surface area (Å²) in [6.45, 7) is 26.2. The molecule has 3 heterocycles. The highest BCUT2D eigenvalue weighted by Gasteiger charge is 2.46. The lowest BCUT2D eigenvalue weighted by atomic mass is 9.81. The Morgan fingerprint density at radius 3 is 1.68 bits per heavy atom. The fourth-order valence-electron chi connectivity index (χ4n) is 18.3. The summed E-state index contributed by atoms with van der Waals surface area (Å²) in [7, 11) is -3.15. The Bertz CT molecular complexity index is 5440. The van der Waals surface area contributed by atoms with Gasteiger partial charge in [-0.2, -0.15) is 13.0 Å². The maximum Gasteiger partial charge on any atom is 0.407 e. The number of aliphatic carboxylic acids is 5. The Morgan fingerprint density at radius 1 is 0.558 bits per heavy atom. The van der Waals surface area contributed by atoms with Gasteiger partial charge in [-0.3, -0.25) is 81.3 Å². The Labute approximate surface area is 860 Å². The number of carbonyl (C=O) groups excluding carboxylic acids is 12. The summed E-state index contributed by atoms with van der Waals surface area (Å²) in [4.78, 5) is 238. The van der Waals surface area contributed by atoms with E-state index < -0.39 is 248 Å². The normalized spacial score (nSPS) is 16.5. The van der Waals surface area contributed by atoms with Crippen LogP contribution in [0.2, 0.25) is 0 Å². The number of carboxylic acid groups (broad SMARTS) is 5. The van der Waals surface area contributed by atoms with Crippen LogP contribution < -0.4 is 36.8 Å². The van der Waals surface area contributed by atoms with Gasteiger partial charge in [0.15, 0.2) is 28.8 Å². The van der Waals surface area contributed by atoms with E-state index in [1.165, 1.54) is 41.0 Å². The number of Topliss-reactive ketones (excluding diaryl/α,β-unsaturated/α-hetero) is 5. The third kappa shape index (κ3) is 40.7. The number of anilines is 1. The predicted molar refractivity (Wildman–Crippen MR) is 546 cm³/mol. The molecule has 3 aromatic carbocycles. The lowest BCUT2D eigenvalue weighted by Crippen LogP contribution is -2.52. The number of hydrogen-bond donors (Lipinski definition) is 12. The van der Waals surface area contributed by atoms with E-state index in [-0.39, 0.29) is 125 Å². The minimum absolute atomic E-state index is 0.0237. The van der Waals surface area contributed by atoms with Crippen molar-refractivity contribution in [3.8, 4) is 0 Å². The fraction of sp³-hybridized carbons (Fsp3) is 0.579. The van der Waals surface area contributed by atoms with E-state index in [0.717, 1.165) is 24.4 Å². The minimum atomic E-state index is -4.60. The molecule has 0 aliphatic carbocycles. The van der Waals surface area contributed by atoms with Gasteiger partial charge in [-0.1, -0.05) is 126 Å². The summed E-state index contributed by atoms with van der Waals surface area (Å²) in [5.41, 5.74) is 7.20. The van der Waals surface area contributed by atoms with Gasteiger partial charge < -0.3 is 86.3 Å². The van der Waals surface area contributed by atoms with Crippen molar-refractivity contribution in [1.29, 1.82) is 0 Å². The van der Waals surface area contributed by atoms with Crippen LogP contribution in [0.4, 0.5) is 16.2 Å². The molecule has 3 aromatic rings. The van der Waals surface area contributed by atoms with Gasteiger partial charge >= 0.3 is 35.9 Å². The first-order chi connectivity index (χ1) is 69.4. The third-order valence-corrected chi connectivity index (χ3v) is 27.1. The second-order valence-electron chi connectivity index (χ2n) is 39.9. The SMILES string of the molecule is CC[N+]1=C(/C=C/C=C/C=C/C=C2/N(CCCCCC(=O)C[C@H](CCC(=O)O)C(=O)N[C@H](CCC(=O)O)C(=O)C[C@H](CCC(=O)O)C(=O)N[C@H](CCC(=O)O)C(=O)C[C@H](CCC(=O)O)C(=O)N[C@@H](Cc3ccc(/C(C)=N/OCCNC(=O)OCCOC)cc3)C(=O)CCCOCC(=O)N3CCC[C@H]3C(=O)N[C@@H](CC(C)C)C(=O)C[C@@H](C)C(=O)N[C@H](C)CC(C)C)c3ccc(S(=O)(=O)O)cc3C2(C)C)C(C)(C)c2cc(C)ccc21. The van der Waals surface area contributed by atoms with E-state index in [9.17, 15) is 120 Å². The second-order valence-corrected chi connectivity index (χ2v) is 41.3. The first kappa shape index (κ1) is 123. The molecule has 0 spiro atoms. The van der Waals surface area contributed by atoms with E-state index in [2.05, 4.69) is 93.6 Å². The van der Waals surface area contributed by atoms with Crippen LogP contribution in [0.25, 0.3) is 0 Å². The van der Waals surface area contributed by atoms with Crippen LogP contribution in [-0.4, -0.2) is 262 Å². The molecule has 147 heavy (non-hydrogen) atoms. The molecular formula is C107H151N10O29S+. The summed E-state index contributed by atoms with van der Waals surface area (Å²) in [6, 6.07) is 10.2. The smallest absolute Gasteiger partial charge is 0.407 e. The molecule has 40 heteroatoms. The zero-order valence-corrected chi connectivity index (χ0v) is 87.9. The third-order valence-electron chi connectivity index (χ3n) is 26.2. The van der Waals surface area contributed by atoms with E-state index >= 15 is 0 Å². The maximum absolute atomic E-state index is 14.9. The number of ether oxygens (including phenoxy) is 3. The molecule has 7 amide bonds. The number of aryl methyl sites for hydroxylation is 1. The number of carboxylic acids is 5. The predicted octanol–water partition coefficient (Wildman–Crippen LogP) is 11.4. The van der Waals surface area contributed by atoms with Gasteiger partial charge in [-0.25, -0.2) is 4.79 Å². The monoisotopic (exact) mass is 2070 g/mol. The van der Waals surface area contributed by atoms with Crippen molar-refractivity contribution < 1.29 is 144 Å². The van der Waals surface area contributed by atoms with Crippen LogP contribution in [0.1, 0.15) is 265 Å². The van der Waals surface area contributed by atoms with Gasteiger partial charge in [0.2, 0.25) is 41.1 Å². The topological polar surface area (TPSA) is 577 Å². The molecule has 0 saturated carbocycles. The molecule has 808 valence electrons. The molecule has 3 aliphatic heterocycles. The first-order valence-corrected chi connectivity index (χ1v) is 51.9. The Hall–Kier alpha value is -12.8. The quantitative estimate of drug-likeness (QED) is 0.00623. The zero-order valence-electron chi connectivity index (χ0n) is 87.1. The summed E-state index contributed by atoms with van der Waals surface area (Å²) in [5.74, 6) is -20.8. The summed E-state index contributed by atoms with van der Waals surface area (Å²) in [6.07, 6.45) is 5.52. The van der Waals surface area contributed by atoms with Gasteiger partial charge in [0.1, 0.15) is 38.2 Å². The van der Waals surface area contributed by atoms with Crippen molar-refractivity contribution in [3.63, 3.8) is 0 Å². The lowest BCUT2D eigenvalue weighted by Gasteiger charge is -2.27. The van der Waals surface area contributed by atoms with Gasteiger partial charge in [-0.05, 0) is 184 Å². The van der Waals surface area contributed by atoms with Crippen molar-refractivity contribution in [2.75, 3.05) is 71.2 Å². The number of carbonyl (C=O) groups is 17. The molecular weight excluding hydrogens is 1920 g/mol. The summed E-state index contributed by atoms with van der Waals surface area (Å²) < 4.78 is 52.9. The minimum Gasteiger partial charge on any atom is -0.481 e. The van der Waals surface area contributed by atoms with Gasteiger partial charge in [0.05, 0.1) is 53.3 Å². The number of alkyl carbamates (subject to hydrolysis) is 1. The van der Waals surface area contributed by atoms with Gasteiger partial charge in [0.25, 0.3) is 10.1 Å². The van der Waals surface area contributed by atoms with E-state index in [1.807, 2.05) is 89.8 Å². The first-order valence-electron chi connectivity index (χ1n) is 50.5. The molecule has 1 saturated heterocycles. The van der Waals surface area contributed by atoms with Crippen molar-refractivity contribution in [2.24, 2.45) is 40.7 Å². The summed E-state index contributed by atoms with van der Waals surface area (Å²) >= 11 is 0. The lowest BCUT2D eigenvalue weighted by molar-refractivity contribution is -0.433. The Kier molecular flexibility index (Phi) is 50.5. The summed E-state index contributed by atoms with van der Waals surface area (Å²) in [5, 5.41) is 69.6. The maximum atomic E-state index is 14.9.